The summed E-state index contributed by atoms with van der Waals surface area (Å²) in [6.45, 7) is 5.45. The van der Waals surface area contributed by atoms with Crippen LogP contribution in [0.15, 0.2) is 72.8 Å². The van der Waals surface area contributed by atoms with E-state index in [-0.39, 0.29) is 18.1 Å². The quantitative estimate of drug-likeness (QED) is 0.512. The maximum absolute atomic E-state index is 13.6. The highest BCUT2D eigenvalue weighted by Gasteiger charge is 2.25. The molecule has 0 bridgehead atoms. The van der Waals surface area contributed by atoms with E-state index in [2.05, 4.69) is 15.5 Å². The maximum atomic E-state index is 13.6. The highest BCUT2D eigenvalue weighted by molar-refractivity contribution is 6.30. The highest BCUT2D eigenvalue weighted by atomic mass is 35.5. The van der Waals surface area contributed by atoms with E-state index in [9.17, 15) is 9.59 Å². The number of anilines is 1. The molecule has 0 saturated carbocycles. The molecule has 1 heterocycles. The average Bonchev–Trinajstić information content (AvgIpc) is 2.85. The molecule has 1 aliphatic rings. The lowest BCUT2D eigenvalue weighted by Gasteiger charge is -2.31. The molecule has 1 fully saturated rings. The summed E-state index contributed by atoms with van der Waals surface area (Å²) in [6, 6.07) is 22.3. The van der Waals surface area contributed by atoms with Crippen LogP contribution in [0.1, 0.15) is 27.0 Å². The first-order valence-electron chi connectivity index (χ1n) is 11.7. The number of carbonyl (C=O) groups is 2. The minimum Gasteiger partial charge on any atom is -0.369 e. The third kappa shape index (κ3) is 6.04. The van der Waals surface area contributed by atoms with Gasteiger partial charge in [-0.1, -0.05) is 60.1 Å². The number of hydrogen-bond donors (Lipinski definition) is 2. The van der Waals surface area contributed by atoms with E-state index in [1.807, 2.05) is 73.7 Å². The number of carbonyl (C=O) groups excluding carboxylic acids is 2. The van der Waals surface area contributed by atoms with Crippen molar-refractivity contribution in [3.05, 3.63) is 100 Å². The number of amides is 1. The molecule has 0 spiro atoms. The lowest BCUT2D eigenvalue weighted by atomic mass is 9.96. The van der Waals surface area contributed by atoms with Crippen molar-refractivity contribution in [2.45, 2.75) is 25.8 Å². The molecule has 6 heteroatoms. The van der Waals surface area contributed by atoms with E-state index in [1.165, 1.54) is 0 Å². The Hall–Kier alpha value is -3.15. The van der Waals surface area contributed by atoms with Crippen molar-refractivity contribution in [3.8, 4) is 0 Å². The van der Waals surface area contributed by atoms with Crippen LogP contribution in [0.5, 0.6) is 0 Å². The third-order valence-corrected chi connectivity index (χ3v) is 6.47. The number of Topliss-reactive ketones (excluding diaryl/α,β-unsaturated/α-hetero) is 1. The molecule has 0 aromatic heterocycles. The molecule has 4 rings (SSSR count). The molecular formula is C28H30ClN3O2. The normalized spacial score (nSPS) is 14.5. The van der Waals surface area contributed by atoms with E-state index in [0.29, 0.717) is 17.0 Å². The molecule has 1 amide bonds. The predicted octanol–water partition coefficient (Wildman–Crippen LogP) is 4.21. The maximum Gasteiger partial charge on any atom is 0.252 e. The summed E-state index contributed by atoms with van der Waals surface area (Å²) >= 11 is 6.32. The monoisotopic (exact) mass is 475 g/mol. The number of aryl methyl sites for hydroxylation is 1. The van der Waals surface area contributed by atoms with Gasteiger partial charge in [-0.15, -0.1) is 0 Å². The summed E-state index contributed by atoms with van der Waals surface area (Å²) in [5.41, 5.74) is 4.38. The van der Waals surface area contributed by atoms with E-state index < -0.39 is 6.04 Å². The van der Waals surface area contributed by atoms with Crippen molar-refractivity contribution in [2.75, 3.05) is 31.1 Å². The Morgan fingerprint density at radius 3 is 2.44 bits per heavy atom. The summed E-state index contributed by atoms with van der Waals surface area (Å²) in [4.78, 5) is 29.0. The number of halogens is 1. The summed E-state index contributed by atoms with van der Waals surface area (Å²) in [5, 5.41) is 6.97. The smallest absolute Gasteiger partial charge is 0.252 e. The fraction of sp³-hybridized carbons (Fsp3) is 0.286. The molecule has 3 aromatic rings. The number of nitrogens with zero attached hydrogens (tertiary/aromatic N) is 1. The standard InChI is InChI=1S/C28H30ClN3O2/c1-20-7-5-6-10-24(20)28(34)31-25(17-21-8-3-2-4-9-21)27(33)19-22-18-23(29)11-12-26(22)32-15-13-30-14-16-32/h2-12,18,25,30H,13-17,19H2,1H3,(H,31,34). The molecule has 3 aromatic carbocycles. The van der Waals surface area contributed by atoms with Crippen molar-refractivity contribution in [3.63, 3.8) is 0 Å². The van der Waals surface area contributed by atoms with Gasteiger partial charge in [0.1, 0.15) is 0 Å². The van der Waals surface area contributed by atoms with Gasteiger partial charge in [0, 0.05) is 48.9 Å². The van der Waals surface area contributed by atoms with Crippen LogP contribution >= 0.6 is 11.6 Å². The molecule has 2 N–H and O–H groups in total. The highest BCUT2D eigenvalue weighted by Crippen LogP contribution is 2.26. The van der Waals surface area contributed by atoms with E-state index in [0.717, 1.165) is 48.6 Å². The average molecular weight is 476 g/mol. The van der Waals surface area contributed by atoms with Gasteiger partial charge in [-0.25, -0.2) is 0 Å². The van der Waals surface area contributed by atoms with Crippen LogP contribution in [0.2, 0.25) is 5.02 Å². The van der Waals surface area contributed by atoms with Crippen molar-refractivity contribution >= 4 is 29.0 Å². The van der Waals surface area contributed by atoms with Gasteiger partial charge in [0.15, 0.2) is 5.78 Å². The second-order valence-electron chi connectivity index (χ2n) is 8.68. The Bertz CT molecular complexity index is 1140. The molecule has 0 radical (unpaired) electrons. The molecule has 34 heavy (non-hydrogen) atoms. The minimum atomic E-state index is -0.649. The first-order chi connectivity index (χ1) is 16.5. The van der Waals surface area contributed by atoms with E-state index in [4.69, 9.17) is 11.6 Å². The lowest BCUT2D eigenvalue weighted by Crippen LogP contribution is -2.45. The number of hydrogen-bond acceptors (Lipinski definition) is 4. The first kappa shape index (κ1) is 24.0. The molecule has 1 atom stereocenters. The Labute approximate surface area is 206 Å². The summed E-state index contributed by atoms with van der Waals surface area (Å²) in [5.74, 6) is -0.273. The molecule has 1 unspecified atom stereocenters. The Kier molecular flexibility index (Phi) is 7.99. The zero-order valence-corrected chi connectivity index (χ0v) is 20.1. The van der Waals surface area contributed by atoms with Gasteiger partial charge >= 0.3 is 0 Å². The van der Waals surface area contributed by atoms with Crippen LogP contribution in [-0.2, 0) is 17.6 Å². The fourth-order valence-electron chi connectivity index (χ4n) is 4.38. The van der Waals surface area contributed by atoms with Crippen molar-refractivity contribution in [1.82, 2.24) is 10.6 Å². The summed E-state index contributed by atoms with van der Waals surface area (Å²) in [6.07, 6.45) is 0.631. The molecule has 5 nitrogen and oxygen atoms in total. The van der Waals surface area contributed by atoms with Gasteiger partial charge in [-0.05, 0) is 54.3 Å². The van der Waals surface area contributed by atoms with Gasteiger partial charge in [-0.3, -0.25) is 9.59 Å². The van der Waals surface area contributed by atoms with Gasteiger partial charge in [-0.2, -0.15) is 0 Å². The van der Waals surface area contributed by atoms with Crippen molar-refractivity contribution < 1.29 is 9.59 Å². The number of ketones is 1. The van der Waals surface area contributed by atoms with E-state index in [1.54, 1.807) is 6.07 Å². The van der Waals surface area contributed by atoms with Crippen LogP contribution in [-0.4, -0.2) is 43.9 Å². The molecule has 0 aliphatic carbocycles. The molecule has 1 aliphatic heterocycles. The van der Waals surface area contributed by atoms with Gasteiger partial charge in [0.05, 0.1) is 6.04 Å². The lowest BCUT2D eigenvalue weighted by molar-refractivity contribution is -0.120. The Morgan fingerprint density at radius 2 is 1.71 bits per heavy atom. The zero-order valence-electron chi connectivity index (χ0n) is 19.4. The summed E-state index contributed by atoms with van der Waals surface area (Å²) in [7, 11) is 0. The van der Waals surface area contributed by atoms with Gasteiger partial charge in [0.2, 0.25) is 0 Å². The number of piperazine rings is 1. The number of benzene rings is 3. The largest absolute Gasteiger partial charge is 0.369 e. The third-order valence-electron chi connectivity index (χ3n) is 6.23. The molecular weight excluding hydrogens is 446 g/mol. The first-order valence-corrected chi connectivity index (χ1v) is 12.1. The Morgan fingerprint density at radius 1 is 1.00 bits per heavy atom. The van der Waals surface area contributed by atoms with Crippen LogP contribution in [0.4, 0.5) is 5.69 Å². The van der Waals surface area contributed by atoms with Gasteiger partial charge < -0.3 is 15.5 Å². The second-order valence-corrected chi connectivity index (χ2v) is 9.12. The van der Waals surface area contributed by atoms with Crippen LogP contribution in [0.25, 0.3) is 0 Å². The SMILES string of the molecule is Cc1ccccc1C(=O)NC(Cc1ccccc1)C(=O)Cc1cc(Cl)ccc1N1CCNCC1. The van der Waals surface area contributed by atoms with Crippen molar-refractivity contribution in [1.29, 1.82) is 0 Å². The minimum absolute atomic E-state index is 0.0376. The van der Waals surface area contributed by atoms with Crippen LogP contribution in [0.3, 0.4) is 0 Å². The van der Waals surface area contributed by atoms with Gasteiger partial charge in [0.25, 0.3) is 5.91 Å². The predicted molar refractivity (Wildman–Crippen MR) is 138 cm³/mol. The fourth-order valence-corrected chi connectivity index (χ4v) is 4.57. The van der Waals surface area contributed by atoms with Crippen molar-refractivity contribution in [2.24, 2.45) is 0 Å². The van der Waals surface area contributed by atoms with E-state index >= 15 is 0 Å². The zero-order chi connectivity index (χ0) is 23.9. The summed E-state index contributed by atoms with van der Waals surface area (Å²) < 4.78 is 0. The molecule has 176 valence electrons. The number of rotatable bonds is 8. The Balaban J connectivity index is 1.59. The number of nitrogens with one attached hydrogen (secondary N) is 2. The van der Waals surface area contributed by atoms with Crippen LogP contribution < -0.4 is 15.5 Å². The molecule has 1 saturated heterocycles. The second kappa shape index (κ2) is 11.3. The van der Waals surface area contributed by atoms with Crippen LogP contribution in [0, 0.1) is 6.92 Å². The topological polar surface area (TPSA) is 61.4 Å².